The first-order chi connectivity index (χ1) is 9.10. The molecular formula is C15H19BrN2S. The summed E-state index contributed by atoms with van der Waals surface area (Å²) in [5, 5.41) is 4.78. The van der Waals surface area contributed by atoms with Gasteiger partial charge in [-0.05, 0) is 38.0 Å². The number of halogens is 1. The molecule has 2 aromatic rings. The van der Waals surface area contributed by atoms with Gasteiger partial charge in [-0.3, -0.25) is 0 Å². The van der Waals surface area contributed by atoms with Crippen LogP contribution in [0.3, 0.4) is 0 Å². The molecule has 0 aliphatic rings. The van der Waals surface area contributed by atoms with Crippen LogP contribution < -0.4 is 5.32 Å². The highest BCUT2D eigenvalue weighted by Crippen LogP contribution is 2.22. The van der Waals surface area contributed by atoms with Crippen molar-refractivity contribution in [2.75, 3.05) is 0 Å². The van der Waals surface area contributed by atoms with E-state index in [4.69, 9.17) is 0 Å². The molecule has 1 atom stereocenters. The van der Waals surface area contributed by atoms with E-state index >= 15 is 0 Å². The maximum Gasteiger partial charge on any atom is 0.0900 e. The Morgan fingerprint density at radius 2 is 1.95 bits per heavy atom. The van der Waals surface area contributed by atoms with E-state index < -0.39 is 0 Å². The van der Waals surface area contributed by atoms with Gasteiger partial charge in [-0.25, -0.2) is 4.98 Å². The monoisotopic (exact) mass is 338 g/mol. The van der Waals surface area contributed by atoms with Crippen LogP contribution >= 0.6 is 27.3 Å². The molecule has 19 heavy (non-hydrogen) atoms. The van der Waals surface area contributed by atoms with Crippen LogP contribution in [0.5, 0.6) is 0 Å². The number of hydrogen-bond donors (Lipinski definition) is 1. The molecule has 0 aliphatic carbocycles. The van der Waals surface area contributed by atoms with Gasteiger partial charge in [-0.1, -0.05) is 35.0 Å². The van der Waals surface area contributed by atoms with Gasteiger partial charge < -0.3 is 5.32 Å². The third-order valence-electron chi connectivity index (χ3n) is 3.19. The zero-order chi connectivity index (χ0) is 13.8. The van der Waals surface area contributed by atoms with Gasteiger partial charge in [0.05, 0.1) is 10.7 Å². The van der Waals surface area contributed by atoms with Crippen LogP contribution in [0.15, 0.2) is 28.7 Å². The lowest BCUT2D eigenvalue weighted by Crippen LogP contribution is -2.20. The minimum Gasteiger partial charge on any atom is -0.305 e. The van der Waals surface area contributed by atoms with E-state index in [0.717, 1.165) is 28.1 Å². The van der Waals surface area contributed by atoms with E-state index in [1.54, 1.807) is 11.3 Å². The first kappa shape index (κ1) is 14.7. The predicted octanol–water partition coefficient (Wildman–Crippen LogP) is 4.76. The highest BCUT2D eigenvalue weighted by molar-refractivity contribution is 9.10. The minimum absolute atomic E-state index is 0.398. The molecule has 1 aromatic heterocycles. The summed E-state index contributed by atoms with van der Waals surface area (Å²) in [5.74, 6) is 0. The van der Waals surface area contributed by atoms with Crippen molar-refractivity contribution < 1.29 is 0 Å². The molecule has 4 heteroatoms. The zero-order valence-electron chi connectivity index (χ0n) is 11.5. The largest absolute Gasteiger partial charge is 0.305 e. The van der Waals surface area contributed by atoms with E-state index in [2.05, 4.69) is 71.3 Å². The predicted molar refractivity (Wildman–Crippen MR) is 85.6 cm³/mol. The number of hydrogen-bond acceptors (Lipinski definition) is 3. The van der Waals surface area contributed by atoms with E-state index in [9.17, 15) is 0 Å². The van der Waals surface area contributed by atoms with Crippen molar-refractivity contribution in [1.82, 2.24) is 10.3 Å². The fourth-order valence-corrected chi connectivity index (χ4v) is 3.30. The van der Waals surface area contributed by atoms with Gasteiger partial charge in [0.15, 0.2) is 0 Å². The van der Waals surface area contributed by atoms with E-state index in [1.807, 2.05) is 0 Å². The third kappa shape index (κ3) is 3.88. The molecule has 1 N–H and O–H groups in total. The fourth-order valence-electron chi connectivity index (χ4n) is 2.15. The summed E-state index contributed by atoms with van der Waals surface area (Å²) in [5.41, 5.74) is 2.49. The highest BCUT2D eigenvalue weighted by Gasteiger charge is 2.11. The summed E-state index contributed by atoms with van der Waals surface area (Å²) in [6.45, 7) is 7.25. The number of thiazole rings is 1. The topological polar surface area (TPSA) is 24.9 Å². The van der Waals surface area contributed by atoms with Gasteiger partial charge in [0.2, 0.25) is 0 Å². The number of nitrogens with one attached hydrogen (secondary N) is 1. The number of nitrogens with zero attached hydrogens (tertiary/aromatic N) is 1. The van der Waals surface area contributed by atoms with Crippen LogP contribution in [-0.4, -0.2) is 4.98 Å². The smallest absolute Gasteiger partial charge is 0.0900 e. The average Bonchev–Trinajstić information content (AvgIpc) is 2.71. The Labute approximate surface area is 127 Å². The van der Waals surface area contributed by atoms with Crippen LogP contribution in [0, 0.1) is 13.8 Å². The van der Waals surface area contributed by atoms with E-state index in [1.165, 1.54) is 10.4 Å². The molecule has 1 heterocycles. The summed E-state index contributed by atoms with van der Waals surface area (Å²) in [4.78, 5) is 5.81. The maximum absolute atomic E-state index is 4.47. The van der Waals surface area contributed by atoms with Gasteiger partial charge in [0.1, 0.15) is 0 Å². The van der Waals surface area contributed by atoms with Crippen molar-refractivity contribution in [3.05, 3.63) is 49.9 Å². The number of aryl methyl sites for hydroxylation is 2. The Kier molecular flexibility index (Phi) is 5.13. The molecular weight excluding hydrogens is 320 g/mol. The minimum atomic E-state index is 0.398. The Morgan fingerprint density at radius 1 is 1.26 bits per heavy atom. The van der Waals surface area contributed by atoms with Gasteiger partial charge in [-0.15, -0.1) is 11.3 Å². The molecule has 0 saturated heterocycles. The lowest BCUT2D eigenvalue weighted by Gasteiger charge is -2.17. The highest BCUT2D eigenvalue weighted by atomic mass is 79.9. The maximum atomic E-state index is 4.47. The molecule has 1 unspecified atom stereocenters. The van der Waals surface area contributed by atoms with Crippen molar-refractivity contribution in [2.24, 2.45) is 0 Å². The zero-order valence-corrected chi connectivity index (χ0v) is 13.9. The van der Waals surface area contributed by atoms with E-state index in [0.29, 0.717) is 6.04 Å². The van der Waals surface area contributed by atoms with Gasteiger partial charge in [0, 0.05) is 21.9 Å². The summed E-state index contributed by atoms with van der Waals surface area (Å²) in [7, 11) is 0. The van der Waals surface area contributed by atoms with Gasteiger partial charge in [-0.2, -0.15) is 0 Å². The van der Waals surface area contributed by atoms with Crippen molar-refractivity contribution in [3.8, 4) is 0 Å². The average molecular weight is 339 g/mol. The standard InChI is InChI=1S/C15H19BrN2S/c1-4-14(12-5-7-13(16)8-6-12)17-9-15-10(2)18-11(3)19-15/h5-8,14,17H,4,9H2,1-3H3. The number of aromatic nitrogens is 1. The second kappa shape index (κ2) is 6.64. The molecule has 0 saturated carbocycles. The Hall–Kier alpha value is -0.710. The van der Waals surface area contributed by atoms with Crippen molar-refractivity contribution in [3.63, 3.8) is 0 Å². The Morgan fingerprint density at radius 3 is 2.47 bits per heavy atom. The van der Waals surface area contributed by atoms with Crippen molar-refractivity contribution >= 4 is 27.3 Å². The fraction of sp³-hybridized carbons (Fsp3) is 0.400. The van der Waals surface area contributed by atoms with Crippen molar-refractivity contribution in [2.45, 2.75) is 39.8 Å². The molecule has 0 spiro atoms. The second-order valence-electron chi connectivity index (χ2n) is 4.63. The normalized spacial score (nSPS) is 12.6. The molecule has 1 aromatic carbocycles. The summed E-state index contributed by atoms with van der Waals surface area (Å²) < 4.78 is 1.13. The van der Waals surface area contributed by atoms with Crippen LogP contribution in [-0.2, 0) is 6.54 Å². The first-order valence-electron chi connectivity index (χ1n) is 6.52. The summed E-state index contributed by atoms with van der Waals surface area (Å²) in [6, 6.07) is 8.95. The van der Waals surface area contributed by atoms with Gasteiger partial charge >= 0.3 is 0 Å². The number of rotatable bonds is 5. The molecule has 2 rings (SSSR count). The Bertz CT molecular complexity index is 534. The Balaban J connectivity index is 2.03. The van der Waals surface area contributed by atoms with Gasteiger partial charge in [0.25, 0.3) is 0 Å². The van der Waals surface area contributed by atoms with Crippen LogP contribution in [0.1, 0.15) is 40.5 Å². The van der Waals surface area contributed by atoms with Crippen LogP contribution in [0.4, 0.5) is 0 Å². The SMILES string of the molecule is CCC(NCc1sc(C)nc1C)c1ccc(Br)cc1. The lowest BCUT2D eigenvalue weighted by molar-refractivity contribution is 0.521. The second-order valence-corrected chi connectivity index (χ2v) is 6.84. The quantitative estimate of drug-likeness (QED) is 0.849. The molecule has 102 valence electrons. The third-order valence-corrected chi connectivity index (χ3v) is 4.79. The molecule has 0 amide bonds. The summed E-state index contributed by atoms with van der Waals surface area (Å²) >= 11 is 5.26. The number of benzene rings is 1. The van der Waals surface area contributed by atoms with Crippen LogP contribution in [0.25, 0.3) is 0 Å². The first-order valence-corrected chi connectivity index (χ1v) is 8.13. The molecule has 0 fully saturated rings. The molecule has 0 aliphatic heterocycles. The molecule has 0 bridgehead atoms. The van der Waals surface area contributed by atoms with Crippen LogP contribution in [0.2, 0.25) is 0 Å². The van der Waals surface area contributed by atoms with Crippen molar-refractivity contribution in [1.29, 1.82) is 0 Å². The lowest BCUT2D eigenvalue weighted by atomic mass is 10.0. The van der Waals surface area contributed by atoms with E-state index in [-0.39, 0.29) is 0 Å². The molecule has 0 radical (unpaired) electrons. The molecule has 2 nitrogen and oxygen atoms in total. The summed E-state index contributed by atoms with van der Waals surface area (Å²) in [6.07, 6.45) is 1.08.